The Morgan fingerprint density at radius 2 is 1.95 bits per heavy atom. The van der Waals surface area contributed by atoms with Gasteiger partial charge in [-0.3, -0.25) is 14.8 Å². The molecule has 0 saturated heterocycles. The van der Waals surface area contributed by atoms with Gasteiger partial charge in [-0.15, -0.1) is 0 Å². The van der Waals surface area contributed by atoms with Gasteiger partial charge in [-0.25, -0.2) is 0 Å². The second-order valence-corrected chi connectivity index (χ2v) is 4.55. The van der Waals surface area contributed by atoms with Crippen LogP contribution < -0.4 is 0 Å². The second kappa shape index (κ2) is 4.80. The summed E-state index contributed by atoms with van der Waals surface area (Å²) in [6.45, 7) is 3.24. The highest BCUT2D eigenvalue weighted by Gasteiger charge is 2.19. The topological polar surface area (TPSA) is 81.8 Å². The van der Waals surface area contributed by atoms with Crippen molar-refractivity contribution >= 4 is 16.8 Å². The Morgan fingerprint density at radius 1 is 1.20 bits per heavy atom. The molecule has 3 rings (SSSR count). The Labute approximate surface area is 114 Å². The fourth-order valence-electron chi connectivity index (χ4n) is 1.80. The molecule has 20 heavy (non-hydrogen) atoms. The summed E-state index contributed by atoms with van der Waals surface area (Å²) in [7, 11) is 0. The Morgan fingerprint density at radius 3 is 2.70 bits per heavy atom. The van der Waals surface area contributed by atoms with Gasteiger partial charge in [-0.05, 0) is 32.0 Å². The second-order valence-electron chi connectivity index (χ2n) is 4.55. The van der Waals surface area contributed by atoms with Crippen LogP contribution in [-0.2, 0) is 4.79 Å². The first kappa shape index (κ1) is 12.4. The highest BCUT2D eigenvalue weighted by atomic mass is 16.5. The number of aromatic nitrogens is 4. The Bertz CT molecular complexity index is 781. The van der Waals surface area contributed by atoms with Gasteiger partial charge in [-0.1, -0.05) is 5.16 Å². The number of Topliss-reactive ketones (excluding diaryl/α,β-unsaturated/α-hetero) is 1. The summed E-state index contributed by atoms with van der Waals surface area (Å²) in [6, 6.07) is 5.54. The normalized spacial score (nSPS) is 12.5. The number of hydrogen-bond acceptors (Lipinski definition) is 6. The number of ketones is 1. The van der Waals surface area contributed by atoms with Gasteiger partial charge >= 0.3 is 0 Å². The molecule has 1 unspecified atom stereocenters. The van der Waals surface area contributed by atoms with Gasteiger partial charge in [0.05, 0.1) is 17.0 Å². The molecule has 1 aromatic carbocycles. The van der Waals surface area contributed by atoms with Gasteiger partial charge in [0, 0.05) is 18.0 Å². The minimum atomic E-state index is -0.392. The molecule has 0 aliphatic rings. The van der Waals surface area contributed by atoms with Crippen molar-refractivity contribution in [1.82, 2.24) is 20.1 Å². The van der Waals surface area contributed by atoms with Crippen molar-refractivity contribution in [2.45, 2.75) is 19.8 Å². The smallest absolute Gasteiger partial charge is 0.237 e. The van der Waals surface area contributed by atoms with E-state index < -0.39 is 5.92 Å². The molecular formula is C14H12N4O2. The number of fused-ring (bicyclic) bond motifs is 1. The maximum Gasteiger partial charge on any atom is 0.237 e. The van der Waals surface area contributed by atoms with E-state index in [0.29, 0.717) is 11.7 Å². The maximum absolute atomic E-state index is 11.3. The molecule has 0 radical (unpaired) electrons. The number of benzene rings is 1. The Kier molecular flexibility index (Phi) is 2.98. The number of nitrogens with zero attached hydrogens (tertiary/aromatic N) is 4. The van der Waals surface area contributed by atoms with Crippen molar-refractivity contribution < 1.29 is 9.32 Å². The molecule has 2 heterocycles. The van der Waals surface area contributed by atoms with E-state index >= 15 is 0 Å². The molecule has 0 saturated carbocycles. The molecule has 2 aromatic heterocycles. The molecular weight excluding hydrogens is 256 g/mol. The lowest BCUT2D eigenvalue weighted by atomic mass is 10.1. The summed E-state index contributed by atoms with van der Waals surface area (Å²) in [4.78, 5) is 24.0. The van der Waals surface area contributed by atoms with Crippen LogP contribution >= 0.6 is 0 Å². The monoisotopic (exact) mass is 268 g/mol. The first-order valence-electron chi connectivity index (χ1n) is 6.20. The predicted molar refractivity (Wildman–Crippen MR) is 71.9 cm³/mol. The van der Waals surface area contributed by atoms with Crippen LogP contribution in [0, 0.1) is 0 Å². The number of carbonyl (C=O) groups is 1. The van der Waals surface area contributed by atoms with Gasteiger partial charge in [-0.2, -0.15) is 4.98 Å². The molecule has 0 bridgehead atoms. The molecule has 0 spiro atoms. The van der Waals surface area contributed by atoms with Crippen LogP contribution in [0.3, 0.4) is 0 Å². The van der Waals surface area contributed by atoms with Gasteiger partial charge in [0.1, 0.15) is 5.78 Å². The van der Waals surface area contributed by atoms with Crippen molar-refractivity contribution in [2.75, 3.05) is 0 Å². The highest BCUT2D eigenvalue weighted by Crippen LogP contribution is 2.22. The van der Waals surface area contributed by atoms with Crippen molar-refractivity contribution in [1.29, 1.82) is 0 Å². The van der Waals surface area contributed by atoms with Gasteiger partial charge < -0.3 is 4.52 Å². The number of hydrogen-bond donors (Lipinski definition) is 0. The molecule has 0 aliphatic heterocycles. The van der Waals surface area contributed by atoms with Gasteiger partial charge in [0.25, 0.3) is 0 Å². The van der Waals surface area contributed by atoms with Crippen LogP contribution in [0.25, 0.3) is 22.4 Å². The van der Waals surface area contributed by atoms with Crippen molar-refractivity contribution in [3.8, 4) is 11.4 Å². The van der Waals surface area contributed by atoms with Crippen molar-refractivity contribution in [2.24, 2.45) is 0 Å². The first-order valence-corrected chi connectivity index (χ1v) is 6.20. The van der Waals surface area contributed by atoms with Crippen LogP contribution in [-0.4, -0.2) is 25.9 Å². The predicted octanol–water partition coefficient (Wildman–Crippen LogP) is 2.37. The number of carbonyl (C=O) groups excluding carboxylic acids is 1. The lowest BCUT2D eigenvalue weighted by Gasteiger charge is -1.99. The zero-order valence-electron chi connectivity index (χ0n) is 11.1. The van der Waals surface area contributed by atoms with Gasteiger partial charge in [0.15, 0.2) is 0 Å². The third-order valence-corrected chi connectivity index (χ3v) is 3.15. The zero-order valence-corrected chi connectivity index (χ0v) is 11.1. The fraction of sp³-hybridized carbons (Fsp3) is 0.214. The Balaban J connectivity index is 2.01. The lowest BCUT2D eigenvalue weighted by Crippen LogP contribution is -2.04. The van der Waals surface area contributed by atoms with E-state index in [-0.39, 0.29) is 5.78 Å². The standard InChI is InChI=1S/C14H12N4O2/c1-8(9(2)19)14-17-13(18-20-14)10-3-4-11-12(7-10)16-6-5-15-11/h3-8H,1-2H3. The highest BCUT2D eigenvalue weighted by molar-refractivity contribution is 5.82. The molecule has 0 fully saturated rings. The summed E-state index contributed by atoms with van der Waals surface area (Å²) < 4.78 is 5.14. The van der Waals surface area contributed by atoms with E-state index in [1.165, 1.54) is 6.92 Å². The first-order chi connectivity index (χ1) is 9.65. The molecule has 6 nitrogen and oxygen atoms in total. The maximum atomic E-state index is 11.3. The molecule has 6 heteroatoms. The quantitative estimate of drug-likeness (QED) is 0.725. The van der Waals surface area contributed by atoms with Crippen LogP contribution in [0.4, 0.5) is 0 Å². The molecule has 0 aliphatic carbocycles. The van der Waals surface area contributed by atoms with Gasteiger partial charge in [0.2, 0.25) is 11.7 Å². The SMILES string of the molecule is CC(=O)C(C)c1nc(-c2ccc3nccnc3c2)no1. The van der Waals surface area contributed by atoms with E-state index in [2.05, 4.69) is 20.1 Å². The fourth-order valence-corrected chi connectivity index (χ4v) is 1.80. The molecule has 100 valence electrons. The summed E-state index contributed by atoms with van der Waals surface area (Å²) in [5, 5.41) is 3.91. The van der Waals surface area contributed by atoms with E-state index in [1.54, 1.807) is 19.3 Å². The molecule has 3 aromatic rings. The van der Waals surface area contributed by atoms with Crippen molar-refractivity contribution in [3.05, 3.63) is 36.5 Å². The minimum Gasteiger partial charge on any atom is -0.338 e. The molecule has 1 atom stereocenters. The van der Waals surface area contributed by atoms with Crippen molar-refractivity contribution in [3.63, 3.8) is 0 Å². The van der Waals surface area contributed by atoms with E-state index in [1.807, 2.05) is 18.2 Å². The summed E-state index contributed by atoms with van der Waals surface area (Å²) >= 11 is 0. The summed E-state index contributed by atoms with van der Waals surface area (Å²) in [6.07, 6.45) is 3.27. The zero-order chi connectivity index (χ0) is 14.1. The largest absolute Gasteiger partial charge is 0.338 e. The average Bonchev–Trinajstić information content (AvgIpc) is 2.95. The van der Waals surface area contributed by atoms with Crippen LogP contribution in [0.1, 0.15) is 25.7 Å². The lowest BCUT2D eigenvalue weighted by molar-refractivity contribution is -0.118. The van der Waals surface area contributed by atoms with E-state index in [4.69, 9.17) is 4.52 Å². The van der Waals surface area contributed by atoms with E-state index in [9.17, 15) is 4.79 Å². The average molecular weight is 268 g/mol. The number of rotatable bonds is 3. The van der Waals surface area contributed by atoms with Crippen LogP contribution in [0.2, 0.25) is 0 Å². The summed E-state index contributed by atoms with van der Waals surface area (Å²) in [5.41, 5.74) is 2.34. The van der Waals surface area contributed by atoms with Crippen LogP contribution in [0.5, 0.6) is 0 Å². The summed E-state index contributed by atoms with van der Waals surface area (Å²) in [5.74, 6) is 0.369. The Hall–Kier alpha value is -2.63. The molecule has 0 N–H and O–H groups in total. The van der Waals surface area contributed by atoms with Crippen LogP contribution in [0.15, 0.2) is 35.1 Å². The third-order valence-electron chi connectivity index (χ3n) is 3.15. The molecule has 0 amide bonds. The third kappa shape index (κ3) is 2.16. The van der Waals surface area contributed by atoms with E-state index in [0.717, 1.165) is 16.6 Å². The minimum absolute atomic E-state index is 0.00965.